The number of alkyl halides is 3. The first kappa shape index (κ1) is 27.4. The Morgan fingerprint density at radius 2 is 1.68 bits per heavy atom. The highest BCUT2D eigenvalue weighted by molar-refractivity contribution is 7.89. The van der Waals surface area contributed by atoms with Gasteiger partial charge in [-0.15, -0.1) is 13.2 Å². The third-order valence-corrected chi connectivity index (χ3v) is 8.17. The molecule has 3 aromatic rings. The Balaban J connectivity index is 1.38. The van der Waals surface area contributed by atoms with E-state index in [2.05, 4.69) is 15.2 Å². The number of aromatic nitrogens is 1. The van der Waals surface area contributed by atoms with Crippen LogP contribution in [0.5, 0.6) is 5.75 Å². The zero-order chi connectivity index (χ0) is 27.5. The van der Waals surface area contributed by atoms with Crippen LogP contribution in [0.2, 0.25) is 0 Å². The number of amides is 1. The average molecular weight is 550 g/mol. The molecule has 1 saturated heterocycles. The number of aryl methyl sites for hydroxylation is 2. The molecule has 202 valence electrons. The maximum Gasteiger partial charge on any atom is 0.573 e. The maximum atomic E-state index is 13.4. The zero-order valence-corrected chi connectivity index (χ0v) is 21.5. The van der Waals surface area contributed by atoms with Crippen LogP contribution in [-0.2, 0) is 14.8 Å². The Kier molecular flexibility index (Phi) is 7.93. The summed E-state index contributed by atoms with van der Waals surface area (Å²) < 4.78 is 74.3. The van der Waals surface area contributed by atoms with Gasteiger partial charge in [-0.3, -0.25) is 4.79 Å². The molecule has 0 radical (unpaired) electrons. The van der Waals surface area contributed by atoms with Gasteiger partial charge in [-0.25, -0.2) is 8.42 Å². The molecule has 38 heavy (non-hydrogen) atoms. The molecule has 0 aliphatic carbocycles. The molecule has 2 heterocycles. The van der Waals surface area contributed by atoms with Crippen molar-refractivity contribution in [2.75, 3.05) is 18.4 Å². The Hall–Kier alpha value is -3.64. The molecule has 4 rings (SSSR count). The van der Waals surface area contributed by atoms with Gasteiger partial charge < -0.3 is 14.6 Å². The first-order valence-electron chi connectivity index (χ1n) is 11.8. The minimum absolute atomic E-state index is 0.00933. The molecular weight excluding hydrogens is 523 g/mol. The van der Waals surface area contributed by atoms with Gasteiger partial charge in [0.25, 0.3) is 0 Å². The number of piperidine rings is 1. The molecule has 12 heteroatoms. The van der Waals surface area contributed by atoms with E-state index in [9.17, 15) is 26.4 Å². The summed E-state index contributed by atoms with van der Waals surface area (Å²) in [4.78, 5) is 12.7. The molecule has 1 fully saturated rings. The van der Waals surface area contributed by atoms with Crippen LogP contribution in [0.4, 0.5) is 18.9 Å². The van der Waals surface area contributed by atoms with Crippen LogP contribution in [0, 0.1) is 19.8 Å². The van der Waals surface area contributed by atoms with Crippen molar-refractivity contribution in [3.05, 3.63) is 71.1 Å². The molecule has 2 aromatic carbocycles. The van der Waals surface area contributed by atoms with E-state index in [0.29, 0.717) is 5.69 Å². The molecule has 8 nitrogen and oxygen atoms in total. The molecule has 1 amide bonds. The van der Waals surface area contributed by atoms with Gasteiger partial charge in [0, 0.05) is 24.7 Å². The summed E-state index contributed by atoms with van der Waals surface area (Å²) in [6.45, 7) is 3.76. The number of ether oxygens (including phenoxy) is 1. The fraction of sp³-hybridized carbons (Fsp3) is 0.308. The van der Waals surface area contributed by atoms with E-state index in [4.69, 9.17) is 4.52 Å². The SMILES string of the molecule is Cc1ccc(/C=C/c2onc(C)c2S(=O)(=O)N2CCC(C(=O)Nc3ccc(OC(F)(F)F)cc3)CC2)cc1. The number of rotatable bonds is 7. The maximum absolute atomic E-state index is 13.4. The summed E-state index contributed by atoms with van der Waals surface area (Å²) in [5, 5.41) is 6.51. The number of hydrogen-bond donors (Lipinski definition) is 1. The number of nitrogens with one attached hydrogen (secondary N) is 1. The summed E-state index contributed by atoms with van der Waals surface area (Å²) in [7, 11) is -3.93. The van der Waals surface area contributed by atoms with Crippen molar-refractivity contribution in [2.24, 2.45) is 5.92 Å². The molecule has 0 spiro atoms. The second-order valence-electron chi connectivity index (χ2n) is 8.95. The van der Waals surface area contributed by atoms with Crippen LogP contribution in [0.3, 0.4) is 0 Å². The summed E-state index contributed by atoms with van der Waals surface area (Å²) in [6, 6.07) is 12.5. The number of hydrogen-bond acceptors (Lipinski definition) is 6. The van der Waals surface area contributed by atoms with Gasteiger partial charge in [0.05, 0.1) is 0 Å². The number of carbonyl (C=O) groups is 1. The van der Waals surface area contributed by atoms with E-state index in [0.717, 1.165) is 23.3 Å². The normalized spacial score (nSPS) is 15.6. The number of carbonyl (C=O) groups excluding carboxylic acids is 1. The average Bonchev–Trinajstić information content (AvgIpc) is 3.25. The third-order valence-electron chi connectivity index (χ3n) is 6.12. The standard InChI is InChI=1S/C26H26F3N3O5S/c1-17-3-5-19(6-4-17)7-12-23-24(18(2)31-37-23)38(34,35)32-15-13-20(14-16-32)25(33)30-21-8-10-22(11-9-21)36-26(27,28)29/h3-12,20H,13-16H2,1-2H3,(H,30,33)/b12-7+. The van der Waals surface area contributed by atoms with Gasteiger partial charge >= 0.3 is 6.36 Å². The molecular formula is C26H26F3N3O5S. The smallest absolute Gasteiger partial charge is 0.406 e. The fourth-order valence-corrected chi connectivity index (χ4v) is 5.84. The van der Waals surface area contributed by atoms with Crippen molar-refractivity contribution >= 4 is 33.8 Å². The lowest BCUT2D eigenvalue weighted by Gasteiger charge is -2.30. The van der Waals surface area contributed by atoms with Crippen LogP contribution < -0.4 is 10.1 Å². The lowest BCUT2D eigenvalue weighted by molar-refractivity contribution is -0.274. The highest BCUT2D eigenvalue weighted by Crippen LogP contribution is 2.30. The lowest BCUT2D eigenvalue weighted by atomic mass is 9.97. The molecule has 1 aromatic heterocycles. The molecule has 0 bridgehead atoms. The van der Waals surface area contributed by atoms with E-state index in [1.807, 2.05) is 31.2 Å². The Bertz CT molecular complexity index is 1410. The molecule has 1 aliphatic heterocycles. The van der Waals surface area contributed by atoms with Crippen molar-refractivity contribution in [1.82, 2.24) is 9.46 Å². The van der Waals surface area contributed by atoms with Crippen molar-refractivity contribution in [3.63, 3.8) is 0 Å². The van der Waals surface area contributed by atoms with E-state index in [-0.39, 0.29) is 48.2 Å². The summed E-state index contributed by atoms with van der Waals surface area (Å²) >= 11 is 0. The zero-order valence-electron chi connectivity index (χ0n) is 20.7. The van der Waals surface area contributed by atoms with Crippen molar-refractivity contribution in [2.45, 2.75) is 37.9 Å². The van der Waals surface area contributed by atoms with Crippen molar-refractivity contribution in [1.29, 1.82) is 0 Å². The van der Waals surface area contributed by atoms with Gasteiger partial charge in [0.15, 0.2) is 10.7 Å². The van der Waals surface area contributed by atoms with Gasteiger partial charge in [-0.1, -0.05) is 41.1 Å². The van der Waals surface area contributed by atoms with Gasteiger partial charge in [-0.05, 0) is 62.6 Å². The van der Waals surface area contributed by atoms with Crippen LogP contribution in [0.15, 0.2) is 57.9 Å². The highest BCUT2D eigenvalue weighted by Gasteiger charge is 2.36. The largest absolute Gasteiger partial charge is 0.573 e. The molecule has 0 atom stereocenters. The van der Waals surface area contributed by atoms with Gasteiger partial charge in [-0.2, -0.15) is 4.31 Å². The first-order chi connectivity index (χ1) is 17.9. The third kappa shape index (κ3) is 6.62. The van der Waals surface area contributed by atoms with Gasteiger partial charge in [0.1, 0.15) is 11.4 Å². The predicted octanol–water partition coefficient (Wildman–Crippen LogP) is 5.40. The molecule has 0 unspecified atom stereocenters. The van der Waals surface area contributed by atoms with E-state index in [1.54, 1.807) is 19.1 Å². The summed E-state index contributed by atoms with van der Waals surface area (Å²) in [6.07, 6.45) is -0.930. The van der Waals surface area contributed by atoms with Crippen LogP contribution >= 0.6 is 0 Å². The van der Waals surface area contributed by atoms with E-state index in [1.165, 1.54) is 16.4 Å². The van der Waals surface area contributed by atoms with Gasteiger partial charge in [0.2, 0.25) is 15.9 Å². The number of sulfonamides is 1. The van der Waals surface area contributed by atoms with E-state index >= 15 is 0 Å². The number of anilines is 1. The summed E-state index contributed by atoms with van der Waals surface area (Å²) in [5.74, 6) is -1.07. The second kappa shape index (κ2) is 11.0. The van der Waals surface area contributed by atoms with Crippen molar-refractivity contribution in [3.8, 4) is 5.75 Å². The quantitative estimate of drug-likeness (QED) is 0.424. The minimum atomic E-state index is -4.80. The monoisotopic (exact) mass is 549 g/mol. The van der Waals surface area contributed by atoms with E-state index < -0.39 is 28.1 Å². The number of halogens is 3. The molecule has 1 N–H and O–H groups in total. The topological polar surface area (TPSA) is 102 Å². The van der Waals surface area contributed by atoms with Crippen molar-refractivity contribution < 1.29 is 35.6 Å². The second-order valence-corrected chi connectivity index (χ2v) is 10.8. The van der Waals surface area contributed by atoms with Crippen LogP contribution in [-0.4, -0.2) is 43.2 Å². The highest BCUT2D eigenvalue weighted by atomic mass is 32.2. The van der Waals surface area contributed by atoms with Crippen LogP contribution in [0.1, 0.15) is 35.4 Å². The van der Waals surface area contributed by atoms with Crippen LogP contribution in [0.25, 0.3) is 12.2 Å². The first-order valence-corrected chi connectivity index (χ1v) is 13.2. The fourth-order valence-electron chi connectivity index (χ4n) is 4.12. The Morgan fingerprint density at radius 1 is 1.05 bits per heavy atom. The number of nitrogens with zero attached hydrogens (tertiary/aromatic N) is 2. The molecule has 0 saturated carbocycles. The predicted molar refractivity (Wildman–Crippen MR) is 135 cm³/mol. The number of benzene rings is 2. The lowest BCUT2D eigenvalue weighted by Crippen LogP contribution is -2.41. The minimum Gasteiger partial charge on any atom is -0.406 e. The summed E-state index contributed by atoms with van der Waals surface area (Å²) in [5.41, 5.74) is 2.53. The Labute approximate surface area is 218 Å². The molecule has 1 aliphatic rings. The Morgan fingerprint density at radius 3 is 2.29 bits per heavy atom.